The van der Waals surface area contributed by atoms with E-state index in [1.165, 1.54) is 44.8 Å². The highest BCUT2D eigenvalue weighted by Gasteiger charge is 2.25. The molecule has 8 heteroatoms. The highest BCUT2D eigenvalue weighted by atomic mass is 127. The Bertz CT molecular complexity index is 606. The summed E-state index contributed by atoms with van der Waals surface area (Å²) in [6, 6.07) is 3.35. The largest absolute Gasteiger partial charge is 0.357 e. The van der Waals surface area contributed by atoms with Crippen LogP contribution in [0, 0.1) is 5.82 Å². The number of nitrogens with zero attached hydrogens (tertiary/aromatic N) is 4. The van der Waals surface area contributed by atoms with E-state index >= 15 is 0 Å². The van der Waals surface area contributed by atoms with E-state index in [-0.39, 0.29) is 35.8 Å². The van der Waals surface area contributed by atoms with Gasteiger partial charge in [-0.2, -0.15) is 0 Å². The van der Waals surface area contributed by atoms with Crippen LogP contribution in [0.15, 0.2) is 23.3 Å². The summed E-state index contributed by atoms with van der Waals surface area (Å²) in [6.07, 6.45) is 7.94. The summed E-state index contributed by atoms with van der Waals surface area (Å²) in [6.45, 7) is 8.69. The molecule has 158 valence electrons. The number of hydrogen-bond donors (Lipinski definition) is 2. The summed E-state index contributed by atoms with van der Waals surface area (Å²) in [4.78, 5) is 13.5. The van der Waals surface area contributed by atoms with Crippen molar-refractivity contribution < 1.29 is 4.39 Å². The van der Waals surface area contributed by atoms with E-state index < -0.39 is 0 Å². The van der Waals surface area contributed by atoms with Gasteiger partial charge in [-0.1, -0.05) is 12.8 Å². The van der Waals surface area contributed by atoms with Crippen LogP contribution in [0.4, 0.5) is 10.2 Å². The molecule has 2 saturated heterocycles. The van der Waals surface area contributed by atoms with Gasteiger partial charge in [-0.25, -0.2) is 9.37 Å². The first-order chi connectivity index (χ1) is 13.3. The molecule has 6 nitrogen and oxygen atoms in total. The molecule has 1 aromatic heterocycles. The second-order valence-corrected chi connectivity index (χ2v) is 7.40. The Kier molecular flexibility index (Phi) is 10.3. The number of pyridine rings is 1. The van der Waals surface area contributed by atoms with Gasteiger partial charge < -0.3 is 20.4 Å². The molecule has 0 radical (unpaired) electrons. The molecule has 1 atom stereocenters. The average molecular weight is 504 g/mol. The number of rotatable bonds is 6. The molecule has 2 aliphatic heterocycles. The van der Waals surface area contributed by atoms with Crippen molar-refractivity contribution in [3.8, 4) is 0 Å². The maximum absolute atomic E-state index is 14.0. The van der Waals surface area contributed by atoms with E-state index in [9.17, 15) is 4.39 Å². The minimum Gasteiger partial charge on any atom is -0.357 e. The molecule has 2 N–H and O–H groups in total. The number of aromatic nitrogens is 1. The number of guanidine groups is 1. The third kappa shape index (κ3) is 7.02. The van der Waals surface area contributed by atoms with Crippen LogP contribution in [0.2, 0.25) is 0 Å². The van der Waals surface area contributed by atoms with E-state index in [0.29, 0.717) is 5.82 Å². The summed E-state index contributed by atoms with van der Waals surface area (Å²) < 4.78 is 14.0. The van der Waals surface area contributed by atoms with Crippen LogP contribution in [-0.4, -0.2) is 67.7 Å². The molecule has 0 bridgehead atoms. The van der Waals surface area contributed by atoms with Crippen molar-refractivity contribution in [2.75, 3.05) is 50.7 Å². The van der Waals surface area contributed by atoms with Crippen molar-refractivity contribution >= 4 is 35.8 Å². The summed E-state index contributed by atoms with van der Waals surface area (Å²) >= 11 is 0. The zero-order valence-electron chi connectivity index (χ0n) is 16.9. The normalized spacial score (nSPS) is 21.1. The van der Waals surface area contributed by atoms with Gasteiger partial charge in [0.05, 0.1) is 6.54 Å². The number of hydrogen-bond acceptors (Lipinski definition) is 4. The smallest absolute Gasteiger partial charge is 0.191 e. The minimum atomic E-state index is -0.254. The van der Waals surface area contributed by atoms with Crippen LogP contribution in [0.3, 0.4) is 0 Å². The van der Waals surface area contributed by atoms with Gasteiger partial charge in [0.1, 0.15) is 0 Å². The van der Waals surface area contributed by atoms with Gasteiger partial charge in [0.25, 0.3) is 0 Å². The molecule has 0 aliphatic carbocycles. The molecule has 0 saturated carbocycles. The molecule has 1 unspecified atom stereocenters. The number of likely N-dealkylation sites (tertiary alicyclic amines) is 1. The molecule has 0 spiro atoms. The minimum absolute atomic E-state index is 0. The first-order valence-corrected chi connectivity index (χ1v) is 10.4. The van der Waals surface area contributed by atoms with Crippen LogP contribution in [-0.2, 0) is 0 Å². The Balaban J connectivity index is 0.00000280. The fraction of sp³-hybridized carbons (Fsp3) is 0.700. The SMILES string of the molecule is CCNC(=NCCN1CCCCCC1)NC1CCN(c2ncccc2F)C1.I. The van der Waals surface area contributed by atoms with E-state index in [0.717, 1.165) is 45.1 Å². The van der Waals surface area contributed by atoms with E-state index in [1.807, 2.05) is 4.90 Å². The summed E-state index contributed by atoms with van der Waals surface area (Å²) in [5.74, 6) is 1.06. The topological polar surface area (TPSA) is 55.8 Å². The van der Waals surface area contributed by atoms with Crippen LogP contribution < -0.4 is 15.5 Å². The van der Waals surface area contributed by atoms with Gasteiger partial charge in [0, 0.05) is 38.4 Å². The van der Waals surface area contributed by atoms with Crippen molar-refractivity contribution in [3.63, 3.8) is 0 Å². The van der Waals surface area contributed by atoms with Gasteiger partial charge in [-0.3, -0.25) is 4.99 Å². The molecule has 2 aliphatic rings. The Morgan fingerprint density at radius 2 is 2.04 bits per heavy atom. The van der Waals surface area contributed by atoms with Crippen LogP contribution >= 0.6 is 24.0 Å². The second kappa shape index (κ2) is 12.4. The fourth-order valence-electron chi connectivity index (χ4n) is 3.86. The lowest BCUT2D eigenvalue weighted by Crippen LogP contribution is -2.45. The molecule has 0 aromatic carbocycles. The van der Waals surface area contributed by atoms with E-state index in [1.54, 1.807) is 12.3 Å². The lowest BCUT2D eigenvalue weighted by atomic mass is 10.2. The van der Waals surface area contributed by atoms with Crippen LogP contribution in [0.5, 0.6) is 0 Å². The first kappa shape index (κ1) is 23.1. The number of halogens is 2. The molecule has 28 heavy (non-hydrogen) atoms. The average Bonchev–Trinajstić information content (AvgIpc) is 2.96. The number of nitrogens with one attached hydrogen (secondary N) is 2. The Morgan fingerprint density at radius 1 is 1.25 bits per heavy atom. The summed E-state index contributed by atoms with van der Waals surface area (Å²) in [7, 11) is 0. The zero-order chi connectivity index (χ0) is 18.9. The monoisotopic (exact) mass is 504 g/mol. The Morgan fingerprint density at radius 3 is 2.75 bits per heavy atom. The van der Waals surface area contributed by atoms with Crippen molar-refractivity contribution in [2.24, 2.45) is 4.99 Å². The van der Waals surface area contributed by atoms with Crippen LogP contribution in [0.25, 0.3) is 0 Å². The van der Waals surface area contributed by atoms with Crippen LogP contribution in [0.1, 0.15) is 39.0 Å². The maximum atomic E-state index is 14.0. The van der Waals surface area contributed by atoms with Gasteiger partial charge in [0.15, 0.2) is 17.6 Å². The number of anilines is 1. The zero-order valence-corrected chi connectivity index (χ0v) is 19.2. The highest BCUT2D eigenvalue weighted by molar-refractivity contribution is 14.0. The quantitative estimate of drug-likeness (QED) is 0.355. The van der Waals surface area contributed by atoms with Crippen molar-refractivity contribution in [3.05, 3.63) is 24.1 Å². The lowest BCUT2D eigenvalue weighted by Gasteiger charge is -2.21. The van der Waals surface area contributed by atoms with Gasteiger partial charge >= 0.3 is 0 Å². The molecule has 0 amide bonds. The maximum Gasteiger partial charge on any atom is 0.191 e. The molecular formula is C20H34FIN6. The first-order valence-electron chi connectivity index (χ1n) is 10.4. The van der Waals surface area contributed by atoms with E-state index in [4.69, 9.17) is 4.99 Å². The summed E-state index contributed by atoms with van der Waals surface area (Å²) in [5, 5.41) is 6.85. The third-order valence-electron chi connectivity index (χ3n) is 5.30. The molecule has 2 fully saturated rings. The summed E-state index contributed by atoms with van der Waals surface area (Å²) in [5.41, 5.74) is 0. The standard InChI is InChI=1S/C20H33FN6.HI/c1-2-22-20(24-11-15-26-12-5-3-4-6-13-26)25-17-9-14-27(16-17)19-18(21)8-7-10-23-19;/h7-8,10,17H,2-6,9,11-16H2,1H3,(H2,22,24,25);1H. The van der Waals surface area contributed by atoms with E-state index in [2.05, 4.69) is 27.4 Å². The second-order valence-electron chi connectivity index (χ2n) is 7.40. The Hall–Kier alpha value is -1.16. The molecule has 3 heterocycles. The van der Waals surface area contributed by atoms with Crippen molar-refractivity contribution in [1.82, 2.24) is 20.5 Å². The van der Waals surface area contributed by atoms with Crippen molar-refractivity contribution in [1.29, 1.82) is 0 Å². The number of aliphatic imine (C=N–C) groups is 1. The lowest BCUT2D eigenvalue weighted by molar-refractivity contribution is 0.293. The van der Waals surface area contributed by atoms with Gasteiger partial charge in [0.2, 0.25) is 0 Å². The Labute approximate surface area is 185 Å². The molecular weight excluding hydrogens is 470 g/mol. The van der Waals surface area contributed by atoms with Gasteiger partial charge in [-0.05, 0) is 51.4 Å². The van der Waals surface area contributed by atoms with Gasteiger partial charge in [-0.15, -0.1) is 24.0 Å². The van der Waals surface area contributed by atoms with Crippen molar-refractivity contribution in [2.45, 2.75) is 45.1 Å². The predicted octanol–water partition coefficient (Wildman–Crippen LogP) is 2.85. The molecule has 3 rings (SSSR count). The molecule has 1 aromatic rings. The predicted molar refractivity (Wildman–Crippen MR) is 124 cm³/mol. The fourth-order valence-corrected chi connectivity index (χ4v) is 3.86. The highest BCUT2D eigenvalue weighted by Crippen LogP contribution is 2.20. The third-order valence-corrected chi connectivity index (χ3v) is 5.30.